The minimum absolute atomic E-state index is 0.649. The van der Waals surface area contributed by atoms with Gasteiger partial charge in [-0.05, 0) is 31.0 Å². The molecule has 90 valence electrons. The molecular formula is C13H16N2OS. The van der Waals surface area contributed by atoms with Crippen LogP contribution >= 0.6 is 11.3 Å². The van der Waals surface area contributed by atoms with Crippen LogP contribution in [0.3, 0.4) is 0 Å². The van der Waals surface area contributed by atoms with Crippen LogP contribution in [0.25, 0.3) is 10.2 Å². The van der Waals surface area contributed by atoms with E-state index in [9.17, 15) is 0 Å². The lowest BCUT2D eigenvalue weighted by molar-refractivity contribution is 0.0924. The number of para-hydroxylation sites is 1. The summed E-state index contributed by atoms with van der Waals surface area (Å²) in [5.74, 6) is 0.685. The second-order valence-corrected chi connectivity index (χ2v) is 5.56. The fourth-order valence-electron chi connectivity index (χ4n) is 2.15. The Morgan fingerprint density at radius 3 is 3.18 bits per heavy atom. The summed E-state index contributed by atoms with van der Waals surface area (Å²) >= 11 is 1.73. The number of thiazole rings is 1. The minimum atomic E-state index is 0.649. The fourth-order valence-corrected chi connectivity index (χ4v) is 3.06. The number of rotatable bonds is 4. The smallest absolute Gasteiger partial charge is 0.120 e. The Morgan fingerprint density at radius 1 is 1.41 bits per heavy atom. The van der Waals surface area contributed by atoms with Crippen LogP contribution in [0.4, 0.5) is 0 Å². The van der Waals surface area contributed by atoms with Crippen LogP contribution in [0.2, 0.25) is 0 Å². The van der Waals surface area contributed by atoms with Crippen molar-refractivity contribution in [3.05, 3.63) is 29.3 Å². The molecule has 1 aromatic carbocycles. The zero-order valence-electron chi connectivity index (χ0n) is 9.69. The molecule has 0 aliphatic carbocycles. The number of hydrogen-bond acceptors (Lipinski definition) is 4. The quantitative estimate of drug-likeness (QED) is 0.902. The molecule has 1 fully saturated rings. The van der Waals surface area contributed by atoms with Crippen molar-refractivity contribution >= 4 is 21.6 Å². The molecule has 0 radical (unpaired) electrons. The highest BCUT2D eigenvalue weighted by molar-refractivity contribution is 7.18. The number of hydrogen-bond donors (Lipinski definition) is 1. The van der Waals surface area contributed by atoms with Crippen molar-refractivity contribution in [2.45, 2.75) is 13.0 Å². The number of nitrogens with one attached hydrogen (secondary N) is 1. The van der Waals surface area contributed by atoms with Gasteiger partial charge in [-0.25, -0.2) is 4.98 Å². The number of fused-ring (bicyclic) bond motifs is 1. The maximum Gasteiger partial charge on any atom is 0.120 e. The van der Waals surface area contributed by atoms with E-state index < -0.39 is 0 Å². The topological polar surface area (TPSA) is 34.1 Å². The average Bonchev–Trinajstić information content (AvgIpc) is 2.96. The Balaban J connectivity index is 1.57. The van der Waals surface area contributed by atoms with Gasteiger partial charge in [0.05, 0.1) is 23.4 Å². The highest BCUT2D eigenvalue weighted by atomic mass is 32.1. The van der Waals surface area contributed by atoms with Gasteiger partial charge >= 0.3 is 0 Å². The van der Waals surface area contributed by atoms with E-state index in [2.05, 4.69) is 28.5 Å². The van der Waals surface area contributed by atoms with Gasteiger partial charge in [-0.1, -0.05) is 12.1 Å². The van der Waals surface area contributed by atoms with Gasteiger partial charge in [0, 0.05) is 6.54 Å². The molecule has 2 heterocycles. The molecule has 1 atom stereocenters. The zero-order valence-corrected chi connectivity index (χ0v) is 10.5. The Kier molecular flexibility index (Phi) is 3.36. The molecular weight excluding hydrogens is 232 g/mol. The summed E-state index contributed by atoms with van der Waals surface area (Å²) in [7, 11) is 0. The lowest BCUT2D eigenvalue weighted by Crippen LogP contribution is -2.13. The van der Waals surface area contributed by atoms with E-state index in [1.54, 1.807) is 11.3 Å². The van der Waals surface area contributed by atoms with Crippen molar-refractivity contribution in [3.8, 4) is 0 Å². The van der Waals surface area contributed by atoms with E-state index in [0.717, 1.165) is 30.2 Å². The zero-order chi connectivity index (χ0) is 11.5. The molecule has 0 amide bonds. The Bertz CT molecular complexity index is 458. The van der Waals surface area contributed by atoms with Crippen molar-refractivity contribution in [2.75, 3.05) is 19.7 Å². The van der Waals surface area contributed by atoms with Gasteiger partial charge < -0.3 is 10.1 Å². The molecule has 0 spiro atoms. The SMILES string of the molecule is c1ccc2sc(COCC3CCNC3)nc2c1. The highest BCUT2D eigenvalue weighted by Gasteiger charge is 2.14. The van der Waals surface area contributed by atoms with Crippen molar-refractivity contribution in [1.82, 2.24) is 10.3 Å². The molecule has 1 aliphatic rings. The summed E-state index contributed by atoms with van der Waals surface area (Å²) in [6.07, 6.45) is 1.24. The van der Waals surface area contributed by atoms with Crippen LogP contribution in [0.1, 0.15) is 11.4 Å². The van der Waals surface area contributed by atoms with E-state index in [-0.39, 0.29) is 0 Å². The van der Waals surface area contributed by atoms with E-state index in [4.69, 9.17) is 4.74 Å². The monoisotopic (exact) mass is 248 g/mol. The first kappa shape index (κ1) is 11.1. The summed E-state index contributed by atoms with van der Waals surface area (Å²) in [6, 6.07) is 8.24. The van der Waals surface area contributed by atoms with Crippen LogP contribution in [0.15, 0.2) is 24.3 Å². The molecule has 4 heteroatoms. The van der Waals surface area contributed by atoms with Crippen LogP contribution in [-0.2, 0) is 11.3 Å². The molecule has 1 aromatic heterocycles. The van der Waals surface area contributed by atoms with E-state index >= 15 is 0 Å². The first-order valence-corrected chi connectivity index (χ1v) is 6.86. The second kappa shape index (κ2) is 5.12. The summed E-state index contributed by atoms with van der Waals surface area (Å²) < 4.78 is 6.99. The maximum absolute atomic E-state index is 5.74. The minimum Gasteiger partial charge on any atom is -0.374 e. The predicted molar refractivity (Wildman–Crippen MR) is 70.3 cm³/mol. The van der Waals surface area contributed by atoms with Crippen LogP contribution in [0.5, 0.6) is 0 Å². The maximum atomic E-state index is 5.74. The van der Waals surface area contributed by atoms with E-state index in [1.165, 1.54) is 11.1 Å². The third-order valence-electron chi connectivity index (χ3n) is 3.08. The molecule has 0 bridgehead atoms. The van der Waals surface area contributed by atoms with Gasteiger partial charge in [0.1, 0.15) is 5.01 Å². The van der Waals surface area contributed by atoms with Crippen molar-refractivity contribution in [3.63, 3.8) is 0 Å². The lowest BCUT2D eigenvalue weighted by atomic mass is 10.1. The third-order valence-corrected chi connectivity index (χ3v) is 4.09. The lowest BCUT2D eigenvalue weighted by Gasteiger charge is -2.07. The second-order valence-electron chi connectivity index (χ2n) is 4.45. The van der Waals surface area contributed by atoms with E-state index in [1.807, 2.05) is 6.07 Å². The molecule has 1 unspecified atom stereocenters. The third kappa shape index (κ3) is 2.65. The molecule has 17 heavy (non-hydrogen) atoms. The number of ether oxygens (including phenoxy) is 1. The summed E-state index contributed by atoms with van der Waals surface area (Å²) in [4.78, 5) is 4.55. The summed E-state index contributed by atoms with van der Waals surface area (Å²) in [5, 5.41) is 4.43. The molecule has 1 aliphatic heterocycles. The molecule has 0 saturated carbocycles. The van der Waals surface area contributed by atoms with Gasteiger partial charge in [-0.15, -0.1) is 11.3 Å². The molecule has 1 saturated heterocycles. The van der Waals surface area contributed by atoms with Gasteiger partial charge in [0.25, 0.3) is 0 Å². The van der Waals surface area contributed by atoms with Crippen molar-refractivity contribution in [1.29, 1.82) is 0 Å². The number of nitrogens with zero attached hydrogens (tertiary/aromatic N) is 1. The summed E-state index contributed by atoms with van der Waals surface area (Å²) in [5.41, 5.74) is 1.08. The summed E-state index contributed by atoms with van der Waals surface area (Å²) in [6.45, 7) is 3.73. The first-order valence-electron chi connectivity index (χ1n) is 6.05. The normalized spacial score (nSPS) is 20.1. The van der Waals surface area contributed by atoms with Crippen LogP contribution < -0.4 is 5.32 Å². The standard InChI is InChI=1S/C13H16N2OS/c1-2-4-12-11(3-1)15-13(17-12)9-16-8-10-5-6-14-7-10/h1-4,10,14H,5-9H2. The largest absolute Gasteiger partial charge is 0.374 e. The van der Waals surface area contributed by atoms with Crippen LogP contribution in [-0.4, -0.2) is 24.7 Å². The van der Waals surface area contributed by atoms with Crippen molar-refractivity contribution < 1.29 is 4.74 Å². The number of benzene rings is 1. The highest BCUT2D eigenvalue weighted by Crippen LogP contribution is 2.22. The molecule has 3 rings (SSSR count). The number of aromatic nitrogens is 1. The van der Waals surface area contributed by atoms with Gasteiger partial charge in [0.2, 0.25) is 0 Å². The first-order chi connectivity index (χ1) is 8.42. The van der Waals surface area contributed by atoms with E-state index in [0.29, 0.717) is 12.5 Å². The fraction of sp³-hybridized carbons (Fsp3) is 0.462. The Labute approximate surface area is 105 Å². The van der Waals surface area contributed by atoms with Gasteiger partial charge in [0.15, 0.2) is 0 Å². The average molecular weight is 248 g/mol. The van der Waals surface area contributed by atoms with Crippen LogP contribution in [0, 0.1) is 5.92 Å². The molecule has 1 N–H and O–H groups in total. The Morgan fingerprint density at radius 2 is 2.35 bits per heavy atom. The molecule has 2 aromatic rings. The van der Waals surface area contributed by atoms with Gasteiger partial charge in [-0.3, -0.25) is 0 Å². The Hall–Kier alpha value is -0.970. The van der Waals surface area contributed by atoms with Gasteiger partial charge in [-0.2, -0.15) is 0 Å². The predicted octanol–water partition coefficient (Wildman–Crippen LogP) is 2.42. The van der Waals surface area contributed by atoms with Crippen molar-refractivity contribution in [2.24, 2.45) is 5.92 Å². The molecule has 3 nitrogen and oxygen atoms in total.